The topological polar surface area (TPSA) is 139 Å². The van der Waals surface area contributed by atoms with Crippen molar-refractivity contribution in [3.8, 4) is 16.9 Å². The fraction of sp³-hybridized carbons (Fsp3) is 0.608. The number of aliphatic hydroxyl groups is 2. The summed E-state index contributed by atoms with van der Waals surface area (Å²) in [5, 5.41) is 30.2. The molecule has 0 bridgehead atoms. The van der Waals surface area contributed by atoms with Crippen LogP contribution in [0.25, 0.3) is 11.1 Å². The number of anilines is 1. The van der Waals surface area contributed by atoms with Gasteiger partial charge < -0.3 is 40.1 Å². The van der Waals surface area contributed by atoms with Gasteiger partial charge in [-0.25, -0.2) is 0 Å². The number of benzene rings is 3. The number of hydrogen-bond acceptors (Lipinski definition) is 11. The molecule has 352 valence electrons. The number of aliphatic hydroxyl groups excluding tert-OH is 2. The Morgan fingerprint density at radius 2 is 1.70 bits per heavy atom. The Hall–Kier alpha value is -4.08. The molecule has 0 unspecified atom stereocenters. The third kappa shape index (κ3) is 11.8. The van der Waals surface area contributed by atoms with E-state index in [9.17, 15) is 19.8 Å². The lowest BCUT2D eigenvalue weighted by Gasteiger charge is -2.50. The molecule has 2 aliphatic heterocycles. The van der Waals surface area contributed by atoms with Gasteiger partial charge in [0.2, 0.25) is 5.91 Å². The molecule has 3 aromatic carbocycles. The Morgan fingerprint density at radius 1 is 0.984 bits per heavy atom. The molecule has 1 aliphatic carbocycles. The molecule has 1 saturated carbocycles. The normalized spacial score (nSPS) is 26.0. The summed E-state index contributed by atoms with van der Waals surface area (Å²) in [7, 11) is 7.95. The van der Waals surface area contributed by atoms with E-state index >= 15 is 0 Å². The maximum absolute atomic E-state index is 14.7. The third-order valence-electron chi connectivity index (χ3n) is 14.6. The molecule has 3 aliphatic rings. The lowest BCUT2D eigenvalue weighted by molar-refractivity contribution is -0.182. The van der Waals surface area contributed by atoms with Gasteiger partial charge in [-0.15, -0.1) is 0 Å². The molecular formula is C51H76N6O7. The number of carbonyl (C=O) groups excluding carboxylic acids is 2. The maximum Gasteiger partial charge on any atom is 0.251 e. The van der Waals surface area contributed by atoms with Gasteiger partial charge in [-0.2, -0.15) is 5.06 Å². The minimum atomic E-state index is -0.933. The van der Waals surface area contributed by atoms with Gasteiger partial charge in [0.25, 0.3) is 5.91 Å². The summed E-state index contributed by atoms with van der Waals surface area (Å²) in [6.45, 7) is 17.6. The van der Waals surface area contributed by atoms with Crippen molar-refractivity contribution in [2.45, 2.75) is 91.3 Å². The minimum absolute atomic E-state index is 0.0514. The van der Waals surface area contributed by atoms with Crippen LogP contribution in [0.3, 0.4) is 0 Å². The number of nitrogens with one attached hydrogen (secondary N) is 2. The van der Waals surface area contributed by atoms with Crippen LogP contribution >= 0.6 is 0 Å². The van der Waals surface area contributed by atoms with E-state index in [1.54, 1.807) is 12.0 Å². The summed E-state index contributed by atoms with van der Waals surface area (Å²) in [5.74, 6) is 0.544. The molecule has 13 heteroatoms. The van der Waals surface area contributed by atoms with Crippen molar-refractivity contribution >= 4 is 17.5 Å². The zero-order valence-corrected chi connectivity index (χ0v) is 40.0. The minimum Gasteiger partial charge on any atom is -0.491 e. The first-order chi connectivity index (χ1) is 30.5. The van der Waals surface area contributed by atoms with Crippen molar-refractivity contribution < 1.29 is 34.1 Å². The van der Waals surface area contributed by atoms with Crippen LogP contribution in [0.15, 0.2) is 66.7 Å². The number of hydrogen-bond donors (Lipinski definition) is 4. The van der Waals surface area contributed by atoms with E-state index in [1.165, 1.54) is 0 Å². The highest BCUT2D eigenvalue weighted by Gasteiger charge is 2.51. The van der Waals surface area contributed by atoms with Gasteiger partial charge in [-0.05, 0) is 86.4 Å². The first-order valence-corrected chi connectivity index (χ1v) is 23.4. The van der Waals surface area contributed by atoms with Gasteiger partial charge in [0.15, 0.2) is 0 Å². The van der Waals surface area contributed by atoms with Crippen molar-refractivity contribution in [3.63, 3.8) is 0 Å². The van der Waals surface area contributed by atoms with Crippen LogP contribution in [0.4, 0.5) is 5.69 Å². The molecule has 2 saturated heterocycles. The van der Waals surface area contributed by atoms with Crippen LogP contribution in [0, 0.1) is 29.1 Å². The second kappa shape index (κ2) is 21.9. The number of para-hydroxylation sites is 1. The smallest absolute Gasteiger partial charge is 0.251 e. The average molecular weight is 885 g/mol. The van der Waals surface area contributed by atoms with Crippen molar-refractivity contribution in [1.29, 1.82) is 0 Å². The van der Waals surface area contributed by atoms with Gasteiger partial charge >= 0.3 is 0 Å². The zero-order valence-electron chi connectivity index (χ0n) is 40.0. The molecule has 6 rings (SSSR count). The summed E-state index contributed by atoms with van der Waals surface area (Å²) in [5.41, 5.74) is 5.02. The third-order valence-corrected chi connectivity index (χ3v) is 14.6. The van der Waals surface area contributed by atoms with Crippen LogP contribution in [0.2, 0.25) is 0 Å². The lowest BCUT2D eigenvalue weighted by Crippen LogP contribution is -2.56. The Labute approximate surface area is 382 Å². The van der Waals surface area contributed by atoms with Crippen LogP contribution in [0.5, 0.6) is 5.75 Å². The number of carbonyl (C=O) groups is 2. The second-order valence-electron chi connectivity index (χ2n) is 19.8. The van der Waals surface area contributed by atoms with Gasteiger partial charge in [-0.1, -0.05) is 83.1 Å². The molecule has 0 aromatic heterocycles. The SMILES string of the molecule is C[C@@H]1[C@@H](NC(=O)[C@@H]2[C@H]([C@H](C)O)[C@H](CO)ON2Cc2cccc(-c3cc(C(=O)N[C@@H](Cc4ccccc4)CN(C)C)cc(N(C)C)c3)c2OCCN2CCOCC2)C[C@@H](C)C(C)(C)[C@H]1C. The van der Waals surface area contributed by atoms with E-state index in [2.05, 4.69) is 73.3 Å². The Morgan fingerprint density at radius 3 is 2.36 bits per heavy atom. The van der Waals surface area contributed by atoms with Gasteiger partial charge in [0.05, 0.1) is 32.5 Å². The van der Waals surface area contributed by atoms with E-state index in [0.29, 0.717) is 62.5 Å². The second-order valence-corrected chi connectivity index (χ2v) is 19.8. The van der Waals surface area contributed by atoms with Crippen LogP contribution < -0.4 is 20.3 Å². The molecule has 13 nitrogen and oxygen atoms in total. The molecule has 0 spiro atoms. The van der Waals surface area contributed by atoms with Crippen LogP contribution in [-0.4, -0.2) is 148 Å². The predicted molar refractivity (Wildman–Crippen MR) is 253 cm³/mol. The van der Waals surface area contributed by atoms with E-state index in [1.807, 2.05) is 81.6 Å². The number of morpholine rings is 1. The molecule has 9 atom stereocenters. The van der Waals surface area contributed by atoms with Crippen LogP contribution in [-0.2, 0) is 27.3 Å². The highest BCUT2D eigenvalue weighted by Crippen LogP contribution is 2.48. The Balaban J connectivity index is 1.35. The largest absolute Gasteiger partial charge is 0.491 e. The van der Waals surface area contributed by atoms with E-state index in [0.717, 1.165) is 47.5 Å². The van der Waals surface area contributed by atoms with E-state index < -0.39 is 24.2 Å². The molecule has 4 N–H and O–H groups in total. The summed E-state index contributed by atoms with van der Waals surface area (Å²) in [4.78, 5) is 41.8. The summed E-state index contributed by atoms with van der Waals surface area (Å²) in [6, 6.07) is 21.0. The fourth-order valence-corrected chi connectivity index (χ4v) is 10.0. The van der Waals surface area contributed by atoms with E-state index in [-0.39, 0.29) is 48.4 Å². The quantitative estimate of drug-likeness (QED) is 0.132. The van der Waals surface area contributed by atoms with Crippen molar-refractivity contribution in [3.05, 3.63) is 83.4 Å². The van der Waals surface area contributed by atoms with Crippen molar-refractivity contribution in [1.82, 2.24) is 25.5 Å². The summed E-state index contributed by atoms with van der Waals surface area (Å²) < 4.78 is 12.4. The highest BCUT2D eigenvalue weighted by atomic mass is 16.7. The standard InChI is InChI=1S/C51H76N6O7/c1-33-25-44(34(2)35(3)51(33,5)6)53-50(61)47-46(36(4)59)45(32-58)64-57(47)30-38-17-14-18-43(48(38)63-24-21-56-19-22-62-23-20-56)39-27-40(29-42(28-39)55(9)10)49(60)52-41(31-54(7)8)26-37-15-12-11-13-16-37/h11-18,27-29,33-36,41,44-47,58-59H,19-26,30-32H2,1-10H3,(H,52,60)(H,53,61)/t33-,34+,35+,36+,41+,44+,45+,46-,47+/m1/s1. The lowest BCUT2D eigenvalue weighted by atomic mass is 9.58. The van der Waals surface area contributed by atoms with Crippen molar-refractivity contribution in [2.24, 2.45) is 29.1 Å². The number of ether oxygens (including phenoxy) is 2. The first kappa shape index (κ1) is 49.4. The predicted octanol–water partition coefficient (Wildman–Crippen LogP) is 5.33. The number of likely N-dealkylation sites (N-methyl/N-ethyl adjacent to an activating group) is 1. The van der Waals surface area contributed by atoms with Gasteiger partial charge in [0.1, 0.15) is 24.5 Å². The zero-order chi connectivity index (χ0) is 46.3. The average Bonchev–Trinajstić information content (AvgIpc) is 3.64. The molecular weight excluding hydrogens is 809 g/mol. The first-order valence-electron chi connectivity index (χ1n) is 23.4. The fourth-order valence-electron chi connectivity index (χ4n) is 10.0. The highest BCUT2D eigenvalue weighted by molar-refractivity contribution is 5.97. The molecule has 3 aromatic rings. The van der Waals surface area contributed by atoms with E-state index in [4.69, 9.17) is 14.3 Å². The number of hydroxylamine groups is 2. The molecule has 0 radical (unpaired) electrons. The van der Waals surface area contributed by atoms with Gasteiger partial charge in [0, 0.05) is 80.7 Å². The number of nitrogens with zero attached hydrogens (tertiary/aromatic N) is 4. The van der Waals surface area contributed by atoms with Crippen molar-refractivity contribution in [2.75, 3.05) is 85.7 Å². The molecule has 3 fully saturated rings. The Bertz CT molecular complexity index is 1990. The maximum atomic E-state index is 14.7. The molecule has 2 heterocycles. The summed E-state index contributed by atoms with van der Waals surface area (Å²) >= 11 is 0. The Kier molecular flexibility index (Phi) is 16.9. The molecule has 2 amide bonds. The molecule has 64 heavy (non-hydrogen) atoms. The monoisotopic (exact) mass is 885 g/mol. The van der Waals surface area contributed by atoms with Gasteiger partial charge in [-0.3, -0.25) is 19.3 Å². The number of amides is 2. The number of rotatable bonds is 18. The van der Waals surface area contributed by atoms with Crippen LogP contribution in [0.1, 0.15) is 69.4 Å². The summed E-state index contributed by atoms with van der Waals surface area (Å²) in [6.07, 6.45) is -0.188.